The molecule has 0 fully saturated rings. The van der Waals surface area contributed by atoms with Crippen LogP contribution in [0, 0.1) is 0 Å². The smallest absolute Gasteiger partial charge is 0.252 e. The average Bonchev–Trinajstić information content (AvgIpc) is 2.02. The SMILES string of the molecule is O=C1NCCc2cc(Br)cc(Br)c21. The van der Waals surface area contributed by atoms with Gasteiger partial charge in [-0.3, -0.25) is 4.79 Å². The molecule has 1 aliphatic heterocycles. The Morgan fingerprint density at radius 3 is 2.85 bits per heavy atom. The molecule has 68 valence electrons. The van der Waals surface area contributed by atoms with Crippen molar-refractivity contribution in [3.8, 4) is 0 Å². The molecule has 1 N–H and O–H groups in total. The summed E-state index contributed by atoms with van der Waals surface area (Å²) in [5.41, 5.74) is 1.87. The molecule has 0 unspecified atom stereocenters. The Hall–Kier alpha value is -0.350. The van der Waals surface area contributed by atoms with Gasteiger partial charge in [0.1, 0.15) is 0 Å². The van der Waals surface area contributed by atoms with E-state index in [9.17, 15) is 4.79 Å². The first kappa shape index (κ1) is 9.21. The van der Waals surface area contributed by atoms with E-state index in [1.807, 2.05) is 12.1 Å². The van der Waals surface area contributed by atoms with Crippen LogP contribution in [0.5, 0.6) is 0 Å². The maximum Gasteiger partial charge on any atom is 0.252 e. The van der Waals surface area contributed by atoms with Crippen molar-refractivity contribution in [2.45, 2.75) is 6.42 Å². The van der Waals surface area contributed by atoms with Gasteiger partial charge in [0, 0.05) is 15.5 Å². The molecule has 0 radical (unpaired) electrons. The van der Waals surface area contributed by atoms with Crippen LogP contribution < -0.4 is 5.32 Å². The third-order valence-electron chi connectivity index (χ3n) is 2.04. The molecular formula is C9H7Br2NO. The maximum absolute atomic E-state index is 11.5. The summed E-state index contributed by atoms with van der Waals surface area (Å²) in [4.78, 5) is 11.5. The van der Waals surface area contributed by atoms with Crippen LogP contribution in [0.15, 0.2) is 21.1 Å². The summed E-state index contributed by atoms with van der Waals surface area (Å²) in [5, 5.41) is 2.81. The number of carbonyl (C=O) groups excluding carboxylic acids is 1. The Morgan fingerprint density at radius 2 is 2.08 bits per heavy atom. The molecule has 0 aromatic heterocycles. The number of rotatable bonds is 0. The molecule has 1 aromatic rings. The number of nitrogens with one attached hydrogen (secondary N) is 1. The van der Waals surface area contributed by atoms with Crippen LogP contribution in [0.2, 0.25) is 0 Å². The van der Waals surface area contributed by atoms with Crippen molar-refractivity contribution in [3.05, 3.63) is 32.2 Å². The van der Waals surface area contributed by atoms with Crippen molar-refractivity contribution in [2.24, 2.45) is 0 Å². The van der Waals surface area contributed by atoms with Crippen molar-refractivity contribution >= 4 is 37.8 Å². The Morgan fingerprint density at radius 1 is 1.31 bits per heavy atom. The van der Waals surface area contributed by atoms with Crippen LogP contribution in [0.25, 0.3) is 0 Å². The second-order valence-electron chi connectivity index (χ2n) is 2.93. The topological polar surface area (TPSA) is 29.1 Å². The summed E-state index contributed by atoms with van der Waals surface area (Å²) in [7, 11) is 0. The van der Waals surface area contributed by atoms with E-state index in [-0.39, 0.29) is 5.91 Å². The standard InChI is InChI=1S/C9H7Br2NO/c10-6-3-5-1-2-12-9(13)8(5)7(11)4-6/h3-4H,1-2H2,(H,12,13). The number of amides is 1. The molecule has 0 spiro atoms. The predicted molar refractivity (Wildman–Crippen MR) is 57.9 cm³/mol. The third kappa shape index (κ3) is 1.65. The van der Waals surface area contributed by atoms with E-state index >= 15 is 0 Å². The molecule has 0 saturated heterocycles. The van der Waals surface area contributed by atoms with Gasteiger partial charge in [0.25, 0.3) is 5.91 Å². The number of hydrogen-bond acceptors (Lipinski definition) is 1. The van der Waals surface area contributed by atoms with Crippen molar-refractivity contribution in [2.75, 3.05) is 6.54 Å². The summed E-state index contributed by atoms with van der Waals surface area (Å²) < 4.78 is 1.86. The monoisotopic (exact) mass is 303 g/mol. The lowest BCUT2D eigenvalue weighted by atomic mass is 10.0. The van der Waals surface area contributed by atoms with Crippen LogP contribution in [0.3, 0.4) is 0 Å². The van der Waals surface area contributed by atoms with E-state index in [0.717, 1.165) is 33.0 Å². The number of fused-ring (bicyclic) bond motifs is 1. The Bertz CT molecular complexity index is 376. The molecule has 0 atom stereocenters. The van der Waals surface area contributed by atoms with Crippen molar-refractivity contribution in [3.63, 3.8) is 0 Å². The Labute approximate surface area is 93.0 Å². The van der Waals surface area contributed by atoms with Gasteiger partial charge in [-0.2, -0.15) is 0 Å². The van der Waals surface area contributed by atoms with Gasteiger partial charge >= 0.3 is 0 Å². The average molecular weight is 305 g/mol. The van der Waals surface area contributed by atoms with Crippen LogP contribution in [-0.2, 0) is 6.42 Å². The lowest BCUT2D eigenvalue weighted by Gasteiger charge is -2.17. The summed E-state index contributed by atoms with van der Waals surface area (Å²) in [6.45, 7) is 0.731. The zero-order valence-corrected chi connectivity index (χ0v) is 9.91. The molecule has 1 amide bonds. The molecule has 0 saturated carbocycles. The molecule has 0 bridgehead atoms. The quantitative estimate of drug-likeness (QED) is 0.784. The zero-order valence-electron chi connectivity index (χ0n) is 6.73. The largest absolute Gasteiger partial charge is 0.352 e. The molecule has 2 nitrogen and oxygen atoms in total. The number of carbonyl (C=O) groups is 1. The molecule has 1 heterocycles. The molecule has 2 rings (SSSR count). The molecule has 4 heteroatoms. The second kappa shape index (κ2) is 3.42. The van der Waals surface area contributed by atoms with Crippen molar-refractivity contribution in [1.29, 1.82) is 0 Å². The molecular weight excluding hydrogens is 298 g/mol. The highest BCUT2D eigenvalue weighted by molar-refractivity contribution is 9.11. The van der Waals surface area contributed by atoms with E-state index in [0.29, 0.717) is 0 Å². The Kier molecular flexibility index (Phi) is 2.43. The third-order valence-corrected chi connectivity index (χ3v) is 3.13. The summed E-state index contributed by atoms with van der Waals surface area (Å²) in [5.74, 6) is 0.0145. The van der Waals surface area contributed by atoms with E-state index in [4.69, 9.17) is 0 Å². The molecule has 13 heavy (non-hydrogen) atoms. The maximum atomic E-state index is 11.5. The highest BCUT2D eigenvalue weighted by Gasteiger charge is 2.19. The highest BCUT2D eigenvalue weighted by atomic mass is 79.9. The molecule has 1 aromatic carbocycles. The fourth-order valence-corrected chi connectivity index (χ4v) is 2.97. The van der Waals surface area contributed by atoms with Crippen LogP contribution in [-0.4, -0.2) is 12.5 Å². The second-order valence-corrected chi connectivity index (χ2v) is 4.70. The number of hydrogen-bond donors (Lipinski definition) is 1. The first-order chi connectivity index (χ1) is 6.18. The van der Waals surface area contributed by atoms with Gasteiger partial charge in [0.05, 0.1) is 5.56 Å². The summed E-state index contributed by atoms with van der Waals surface area (Å²) >= 11 is 6.78. The van der Waals surface area contributed by atoms with E-state index in [1.54, 1.807) is 0 Å². The van der Waals surface area contributed by atoms with Crippen molar-refractivity contribution < 1.29 is 4.79 Å². The van der Waals surface area contributed by atoms with Gasteiger partial charge in [-0.05, 0) is 40.0 Å². The van der Waals surface area contributed by atoms with Crippen LogP contribution >= 0.6 is 31.9 Å². The predicted octanol–water partition coefficient (Wildman–Crippen LogP) is 2.50. The van der Waals surface area contributed by atoms with Crippen molar-refractivity contribution in [1.82, 2.24) is 5.32 Å². The summed E-state index contributed by atoms with van der Waals surface area (Å²) in [6, 6.07) is 3.89. The first-order valence-corrected chi connectivity index (χ1v) is 5.53. The highest BCUT2D eigenvalue weighted by Crippen LogP contribution is 2.27. The normalized spacial score (nSPS) is 15.1. The molecule has 0 aliphatic carbocycles. The summed E-state index contributed by atoms with van der Waals surface area (Å²) in [6.07, 6.45) is 0.902. The van der Waals surface area contributed by atoms with E-state index in [1.165, 1.54) is 0 Å². The van der Waals surface area contributed by atoms with Crippen LogP contribution in [0.4, 0.5) is 0 Å². The van der Waals surface area contributed by atoms with Gasteiger partial charge in [0.15, 0.2) is 0 Å². The minimum Gasteiger partial charge on any atom is -0.352 e. The lowest BCUT2D eigenvalue weighted by Crippen LogP contribution is -2.32. The van der Waals surface area contributed by atoms with Gasteiger partial charge in [-0.25, -0.2) is 0 Å². The van der Waals surface area contributed by atoms with Gasteiger partial charge in [-0.1, -0.05) is 15.9 Å². The molecule has 1 aliphatic rings. The number of benzene rings is 1. The van der Waals surface area contributed by atoms with Gasteiger partial charge in [0.2, 0.25) is 0 Å². The fraction of sp³-hybridized carbons (Fsp3) is 0.222. The van der Waals surface area contributed by atoms with Crippen LogP contribution in [0.1, 0.15) is 15.9 Å². The zero-order chi connectivity index (χ0) is 9.42. The number of halogens is 2. The lowest BCUT2D eigenvalue weighted by molar-refractivity contribution is 0.0945. The minimum atomic E-state index is 0.0145. The first-order valence-electron chi connectivity index (χ1n) is 3.94. The van der Waals surface area contributed by atoms with E-state index in [2.05, 4.69) is 37.2 Å². The van der Waals surface area contributed by atoms with E-state index < -0.39 is 0 Å². The fourth-order valence-electron chi connectivity index (χ4n) is 1.48. The minimum absolute atomic E-state index is 0.0145. The van der Waals surface area contributed by atoms with Gasteiger partial charge < -0.3 is 5.32 Å². The Balaban J connectivity index is 2.63. The van der Waals surface area contributed by atoms with Gasteiger partial charge in [-0.15, -0.1) is 0 Å².